The molecule has 0 aliphatic rings. The summed E-state index contributed by atoms with van der Waals surface area (Å²) >= 11 is 12.2. The van der Waals surface area contributed by atoms with Crippen LogP contribution >= 0.6 is 23.2 Å². The number of aromatic nitrogens is 1. The molecule has 2 aromatic carbocycles. The van der Waals surface area contributed by atoms with Crippen molar-refractivity contribution in [2.75, 3.05) is 0 Å². The lowest BCUT2D eigenvalue weighted by Gasteiger charge is -2.10. The van der Waals surface area contributed by atoms with Crippen molar-refractivity contribution in [3.05, 3.63) is 68.8 Å². The number of rotatable bonds is 3. The number of para-hydroxylation sites is 1. The Kier molecular flexibility index (Phi) is 3.83. The van der Waals surface area contributed by atoms with Crippen LogP contribution in [0.3, 0.4) is 0 Å². The van der Waals surface area contributed by atoms with Gasteiger partial charge in [0, 0.05) is 5.39 Å². The SMILES string of the molecule is O=[N+]([O-])c1cnc2c(Oc3ccccc3)ccc(Cl)c2c1Cl. The molecule has 0 bridgehead atoms. The van der Waals surface area contributed by atoms with E-state index in [0.717, 1.165) is 6.20 Å². The van der Waals surface area contributed by atoms with Crippen molar-refractivity contribution >= 4 is 39.8 Å². The fourth-order valence-electron chi connectivity index (χ4n) is 2.02. The third-order valence-corrected chi connectivity index (χ3v) is 3.72. The summed E-state index contributed by atoms with van der Waals surface area (Å²) in [6, 6.07) is 12.3. The average molecular weight is 335 g/mol. The maximum Gasteiger partial charge on any atom is 0.306 e. The van der Waals surface area contributed by atoms with Gasteiger partial charge in [0.15, 0.2) is 5.75 Å². The molecule has 3 aromatic rings. The Balaban J connectivity index is 2.19. The summed E-state index contributed by atoms with van der Waals surface area (Å²) in [7, 11) is 0. The Morgan fingerprint density at radius 2 is 1.82 bits per heavy atom. The average Bonchev–Trinajstić information content (AvgIpc) is 2.51. The van der Waals surface area contributed by atoms with Gasteiger partial charge in [-0.05, 0) is 24.3 Å². The Morgan fingerprint density at radius 1 is 1.09 bits per heavy atom. The summed E-state index contributed by atoms with van der Waals surface area (Å²) in [4.78, 5) is 14.4. The number of pyridine rings is 1. The largest absolute Gasteiger partial charge is 0.455 e. The maximum absolute atomic E-state index is 11.0. The molecular formula is C15H8Cl2N2O3. The predicted octanol–water partition coefficient (Wildman–Crippen LogP) is 5.24. The molecule has 0 aliphatic carbocycles. The molecule has 0 aliphatic heterocycles. The quantitative estimate of drug-likeness (QED) is 0.485. The van der Waals surface area contributed by atoms with Gasteiger partial charge >= 0.3 is 5.69 Å². The van der Waals surface area contributed by atoms with Gasteiger partial charge in [-0.3, -0.25) is 10.1 Å². The number of nitro groups is 1. The summed E-state index contributed by atoms with van der Waals surface area (Å²) in [5.41, 5.74) is 0.0693. The highest BCUT2D eigenvalue weighted by atomic mass is 35.5. The van der Waals surface area contributed by atoms with Crippen LogP contribution in [0.5, 0.6) is 11.5 Å². The van der Waals surface area contributed by atoms with Gasteiger partial charge in [0.25, 0.3) is 0 Å². The molecule has 1 heterocycles. The molecule has 3 rings (SSSR count). The number of benzene rings is 2. The van der Waals surface area contributed by atoms with Crippen LogP contribution in [0.2, 0.25) is 10.0 Å². The first-order valence-corrected chi connectivity index (χ1v) is 6.97. The van der Waals surface area contributed by atoms with Crippen LogP contribution in [0.15, 0.2) is 48.7 Å². The molecule has 0 unspecified atom stereocenters. The number of hydrogen-bond acceptors (Lipinski definition) is 4. The Labute approximate surface area is 135 Å². The van der Waals surface area contributed by atoms with Gasteiger partial charge in [-0.25, -0.2) is 4.98 Å². The van der Waals surface area contributed by atoms with E-state index < -0.39 is 4.92 Å². The highest BCUT2D eigenvalue weighted by Crippen LogP contribution is 2.40. The molecule has 0 spiro atoms. The second-order valence-electron chi connectivity index (χ2n) is 4.40. The molecule has 0 amide bonds. The zero-order valence-electron chi connectivity index (χ0n) is 11.0. The summed E-state index contributed by atoms with van der Waals surface area (Å²) in [6.07, 6.45) is 1.10. The van der Waals surface area contributed by atoms with Crippen LogP contribution in [0, 0.1) is 10.1 Å². The Bertz CT molecular complexity index is 870. The minimum absolute atomic E-state index is 0.0569. The first kappa shape index (κ1) is 14.6. The predicted molar refractivity (Wildman–Crippen MR) is 84.9 cm³/mol. The van der Waals surface area contributed by atoms with Crippen LogP contribution in [0.1, 0.15) is 0 Å². The van der Waals surface area contributed by atoms with Crippen LogP contribution < -0.4 is 4.74 Å². The molecule has 0 N–H and O–H groups in total. The number of halogens is 2. The maximum atomic E-state index is 11.0. The molecule has 1 aromatic heterocycles. The standard InChI is InChI=1S/C15H8Cl2N2O3/c16-10-6-7-12(22-9-4-2-1-3-5-9)15-13(10)14(17)11(8-18-15)19(20)21/h1-8H. The van der Waals surface area contributed by atoms with Gasteiger partial charge in [0.2, 0.25) is 0 Å². The van der Waals surface area contributed by atoms with Crippen LogP contribution in [0.4, 0.5) is 5.69 Å². The summed E-state index contributed by atoms with van der Waals surface area (Å²) < 4.78 is 5.75. The molecule has 0 saturated carbocycles. The zero-order valence-corrected chi connectivity index (χ0v) is 12.5. The lowest BCUT2D eigenvalue weighted by molar-refractivity contribution is -0.384. The normalized spacial score (nSPS) is 10.6. The fourth-order valence-corrected chi connectivity index (χ4v) is 2.62. The molecule has 0 saturated heterocycles. The highest BCUT2D eigenvalue weighted by Gasteiger charge is 2.20. The Morgan fingerprint density at radius 3 is 2.50 bits per heavy atom. The van der Waals surface area contributed by atoms with Gasteiger partial charge < -0.3 is 4.74 Å². The van der Waals surface area contributed by atoms with E-state index in [0.29, 0.717) is 22.4 Å². The molecule has 7 heteroatoms. The molecular weight excluding hydrogens is 327 g/mol. The lowest BCUT2D eigenvalue weighted by atomic mass is 10.2. The van der Waals surface area contributed by atoms with Crippen molar-refractivity contribution in [2.45, 2.75) is 0 Å². The van der Waals surface area contributed by atoms with Crippen molar-refractivity contribution in [3.63, 3.8) is 0 Å². The monoisotopic (exact) mass is 334 g/mol. The topological polar surface area (TPSA) is 65.3 Å². The highest BCUT2D eigenvalue weighted by molar-refractivity contribution is 6.43. The minimum atomic E-state index is -0.601. The van der Waals surface area contributed by atoms with Gasteiger partial charge in [-0.15, -0.1) is 0 Å². The van der Waals surface area contributed by atoms with Crippen molar-refractivity contribution in [2.24, 2.45) is 0 Å². The third kappa shape index (κ3) is 2.56. The molecule has 5 nitrogen and oxygen atoms in total. The van der Waals surface area contributed by atoms with Crippen LogP contribution in [0.25, 0.3) is 10.9 Å². The second kappa shape index (κ2) is 5.79. The van der Waals surface area contributed by atoms with E-state index in [9.17, 15) is 10.1 Å². The van der Waals surface area contributed by atoms with Crippen LogP contribution in [-0.4, -0.2) is 9.91 Å². The van der Waals surface area contributed by atoms with E-state index in [1.807, 2.05) is 18.2 Å². The van der Waals surface area contributed by atoms with E-state index >= 15 is 0 Å². The molecule has 0 atom stereocenters. The lowest BCUT2D eigenvalue weighted by Crippen LogP contribution is -1.94. The first-order valence-electron chi connectivity index (χ1n) is 6.22. The van der Waals surface area contributed by atoms with Crippen molar-refractivity contribution < 1.29 is 9.66 Å². The number of nitrogens with zero attached hydrogens (tertiary/aromatic N) is 2. The number of hydrogen-bond donors (Lipinski definition) is 0. The third-order valence-electron chi connectivity index (χ3n) is 3.02. The number of fused-ring (bicyclic) bond motifs is 1. The van der Waals surface area contributed by atoms with E-state index in [4.69, 9.17) is 27.9 Å². The fraction of sp³-hybridized carbons (Fsp3) is 0. The van der Waals surface area contributed by atoms with Crippen molar-refractivity contribution in [1.82, 2.24) is 4.98 Å². The number of ether oxygens (including phenoxy) is 1. The molecule has 110 valence electrons. The van der Waals surface area contributed by atoms with Crippen molar-refractivity contribution in [3.8, 4) is 11.5 Å². The van der Waals surface area contributed by atoms with Gasteiger partial charge in [0.1, 0.15) is 22.5 Å². The summed E-state index contributed by atoms with van der Waals surface area (Å²) in [5, 5.41) is 11.5. The smallest absolute Gasteiger partial charge is 0.306 e. The molecule has 0 fully saturated rings. The van der Waals surface area contributed by atoms with E-state index in [1.165, 1.54) is 0 Å². The zero-order chi connectivity index (χ0) is 15.7. The summed E-state index contributed by atoms with van der Waals surface area (Å²) in [5.74, 6) is 1.03. The first-order chi connectivity index (χ1) is 10.6. The Hall–Kier alpha value is -2.37. The minimum Gasteiger partial charge on any atom is -0.455 e. The van der Waals surface area contributed by atoms with Gasteiger partial charge in [0.05, 0.1) is 9.95 Å². The van der Waals surface area contributed by atoms with Gasteiger partial charge in [-0.1, -0.05) is 41.4 Å². The van der Waals surface area contributed by atoms with Crippen LogP contribution in [-0.2, 0) is 0 Å². The van der Waals surface area contributed by atoms with E-state index in [2.05, 4.69) is 4.98 Å². The van der Waals surface area contributed by atoms with Gasteiger partial charge in [-0.2, -0.15) is 0 Å². The molecule has 22 heavy (non-hydrogen) atoms. The second-order valence-corrected chi connectivity index (χ2v) is 5.18. The van der Waals surface area contributed by atoms with E-state index in [-0.39, 0.29) is 15.7 Å². The van der Waals surface area contributed by atoms with E-state index in [1.54, 1.807) is 24.3 Å². The van der Waals surface area contributed by atoms with Crippen molar-refractivity contribution in [1.29, 1.82) is 0 Å². The molecule has 0 radical (unpaired) electrons. The summed E-state index contributed by atoms with van der Waals surface area (Å²) in [6.45, 7) is 0.